The van der Waals surface area contributed by atoms with Crippen LogP contribution in [0, 0.1) is 23.7 Å². The molecule has 2 rings (SSSR count). The normalized spacial score (nSPS) is 31.6. The van der Waals surface area contributed by atoms with E-state index >= 15 is 0 Å². The van der Waals surface area contributed by atoms with E-state index in [0.29, 0.717) is 18.3 Å². The molecule has 2 N–H and O–H groups in total. The van der Waals surface area contributed by atoms with Gasteiger partial charge in [0, 0.05) is 5.92 Å². The van der Waals surface area contributed by atoms with Crippen molar-refractivity contribution in [3.05, 3.63) is 0 Å². The fraction of sp³-hybridized carbons (Fsp3) is 0.857. The third-order valence-corrected chi connectivity index (χ3v) is 4.40. The molecule has 2 aliphatic carbocycles. The van der Waals surface area contributed by atoms with E-state index in [0.717, 1.165) is 12.8 Å². The van der Waals surface area contributed by atoms with Gasteiger partial charge in [0.05, 0.1) is 0 Å². The number of carboxylic acids is 1. The number of fused-ring (bicyclic) bond motifs is 2. The van der Waals surface area contributed by atoms with E-state index < -0.39 is 12.0 Å². The summed E-state index contributed by atoms with van der Waals surface area (Å²) >= 11 is 0. The van der Waals surface area contributed by atoms with Crippen molar-refractivity contribution in [2.24, 2.45) is 23.7 Å². The van der Waals surface area contributed by atoms with Crippen LogP contribution in [0.15, 0.2) is 0 Å². The molecule has 18 heavy (non-hydrogen) atoms. The molecule has 102 valence electrons. The zero-order chi connectivity index (χ0) is 13.3. The summed E-state index contributed by atoms with van der Waals surface area (Å²) in [6, 6.07) is -0.725. The minimum Gasteiger partial charge on any atom is -0.480 e. The van der Waals surface area contributed by atoms with Crippen LogP contribution in [0.3, 0.4) is 0 Å². The maximum absolute atomic E-state index is 12.2. The second kappa shape index (κ2) is 5.29. The van der Waals surface area contributed by atoms with Gasteiger partial charge in [-0.2, -0.15) is 0 Å². The zero-order valence-electron chi connectivity index (χ0n) is 11.2. The number of amides is 1. The quantitative estimate of drug-likeness (QED) is 0.788. The van der Waals surface area contributed by atoms with Gasteiger partial charge in [0.25, 0.3) is 0 Å². The molecule has 0 spiro atoms. The van der Waals surface area contributed by atoms with Crippen molar-refractivity contribution in [2.45, 2.75) is 52.0 Å². The molecule has 0 aliphatic heterocycles. The van der Waals surface area contributed by atoms with Gasteiger partial charge in [-0.25, -0.2) is 4.79 Å². The van der Waals surface area contributed by atoms with Crippen LogP contribution < -0.4 is 5.32 Å². The number of nitrogens with one attached hydrogen (secondary N) is 1. The molecular formula is C14H23NO3. The largest absolute Gasteiger partial charge is 0.480 e. The number of carbonyl (C=O) groups is 2. The van der Waals surface area contributed by atoms with E-state index in [1.54, 1.807) is 0 Å². The first-order chi connectivity index (χ1) is 8.47. The molecule has 2 saturated carbocycles. The smallest absolute Gasteiger partial charge is 0.326 e. The van der Waals surface area contributed by atoms with Crippen molar-refractivity contribution < 1.29 is 14.7 Å². The standard InChI is InChI=1S/C14H23NO3/c1-8(2)5-12(14(17)18)15-13(16)11-7-9-3-4-10(11)6-9/h8-12H,3-7H2,1-2H3,(H,15,16)(H,17,18)/t9?,10?,11?,12-/m0/s1. The van der Waals surface area contributed by atoms with Gasteiger partial charge in [-0.1, -0.05) is 20.3 Å². The second-order valence-electron chi connectivity index (χ2n) is 6.31. The van der Waals surface area contributed by atoms with Crippen LogP contribution in [-0.4, -0.2) is 23.0 Å². The van der Waals surface area contributed by atoms with Crippen molar-refractivity contribution in [1.29, 1.82) is 0 Å². The molecule has 4 atom stereocenters. The van der Waals surface area contributed by atoms with Crippen molar-refractivity contribution in [2.75, 3.05) is 0 Å². The first-order valence-electron chi connectivity index (χ1n) is 7.00. The van der Waals surface area contributed by atoms with Crippen LogP contribution in [0.25, 0.3) is 0 Å². The average Bonchev–Trinajstić information content (AvgIpc) is 2.88. The van der Waals surface area contributed by atoms with E-state index in [-0.39, 0.29) is 17.7 Å². The van der Waals surface area contributed by atoms with Gasteiger partial charge in [0.2, 0.25) is 5.91 Å². The summed E-state index contributed by atoms with van der Waals surface area (Å²) in [6.45, 7) is 3.94. The summed E-state index contributed by atoms with van der Waals surface area (Å²) in [5.74, 6) is 0.599. The highest BCUT2D eigenvalue weighted by Gasteiger charge is 2.43. The molecule has 2 fully saturated rings. The summed E-state index contributed by atoms with van der Waals surface area (Å²) < 4.78 is 0. The number of carboxylic acid groups (broad SMARTS) is 1. The van der Waals surface area contributed by atoms with Crippen LogP contribution in [-0.2, 0) is 9.59 Å². The number of hydrogen-bond donors (Lipinski definition) is 2. The number of aliphatic carboxylic acids is 1. The number of carbonyl (C=O) groups excluding carboxylic acids is 1. The van der Waals surface area contributed by atoms with Gasteiger partial charge >= 0.3 is 5.97 Å². The monoisotopic (exact) mass is 253 g/mol. The van der Waals surface area contributed by atoms with Crippen LogP contribution in [0.4, 0.5) is 0 Å². The highest BCUT2D eigenvalue weighted by Crippen LogP contribution is 2.48. The first kappa shape index (κ1) is 13.4. The van der Waals surface area contributed by atoms with Gasteiger partial charge in [0.1, 0.15) is 6.04 Å². The molecule has 4 nitrogen and oxygen atoms in total. The molecule has 2 aliphatic rings. The zero-order valence-corrected chi connectivity index (χ0v) is 11.2. The van der Waals surface area contributed by atoms with Gasteiger partial charge in [-0.05, 0) is 43.4 Å². The van der Waals surface area contributed by atoms with Gasteiger partial charge in [-0.15, -0.1) is 0 Å². The van der Waals surface area contributed by atoms with Crippen molar-refractivity contribution in [3.63, 3.8) is 0 Å². The van der Waals surface area contributed by atoms with Gasteiger partial charge in [0.15, 0.2) is 0 Å². The van der Waals surface area contributed by atoms with Crippen molar-refractivity contribution >= 4 is 11.9 Å². The Morgan fingerprint density at radius 3 is 2.44 bits per heavy atom. The third-order valence-electron chi connectivity index (χ3n) is 4.40. The first-order valence-corrected chi connectivity index (χ1v) is 7.00. The Hall–Kier alpha value is -1.06. The summed E-state index contributed by atoms with van der Waals surface area (Å²) in [5.41, 5.74) is 0. The lowest BCUT2D eigenvalue weighted by molar-refractivity contribution is -0.143. The fourth-order valence-electron chi connectivity index (χ4n) is 3.54. The molecule has 0 saturated heterocycles. The van der Waals surface area contributed by atoms with Crippen LogP contribution in [0.1, 0.15) is 46.0 Å². The molecule has 0 heterocycles. The lowest BCUT2D eigenvalue weighted by Gasteiger charge is -2.24. The Morgan fingerprint density at radius 2 is 2.00 bits per heavy atom. The summed E-state index contributed by atoms with van der Waals surface area (Å²) in [5, 5.41) is 11.9. The molecular weight excluding hydrogens is 230 g/mol. The summed E-state index contributed by atoms with van der Waals surface area (Å²) in [6.07, 6.45) is 5.03. The van der Waals surface area contributed by atoms with E-state index in [1.165, 1.54) is 12.8 Å². The molecule has 0 aromatic rings. The number of rotatable bonds is 5. The van der Waals surface area contributed by atoms with E-state index in [4.69, 9.17) is 5.11 Å². The molecule has 0 aromatic heterocycles. The van der Waals surface area contributed by atoms with Crippen LogP contribution in [0.2, 0.25) is 0 Å². The van der Waals surface area contributed by atoms with E-state index in [1.807, 2.05) is 13.8 Å². The molecule has 0 aromatic carbocycles. The summed E-state index contributed by atoms with van der Waals surface area (Å²) in [7, 11) is 0. The highest BCUT2D eigenvalue weighted by molar-refractivity contribution is 5.85. The Bertz CT molecular complexity index is 340. The lowest BCUT2D eigenvalue weighted by atomic mass is 9.88. The molecule has 2 bridgehead atoms. The Morgan fingerprint density at radius 1 is 1.28 bits per heavy atom. The summed E-state index contributed by atoms with van der Waals surface area (Å²) in [4.78, 5) is 23.3. The number of hydrogen-bond acceptors (Lipinski definition) is 2. The van der Waals surface area contributed by atoms with Crippen molar-refractivity contribution in [1.82, 2.24) is 5.32 Å². The van der Waals surface area contributed by atoms with Gasteiger partial charge in [-0.3, -0.25) is 4.79 Å². The second-order valence-corrected chi connectivity index (χ2v) is 6.31. The lowest BCUT2D eigenvalue weighted by Crippen LogP contribution is -2.45. The molecule has 1 amide bonds. The Kier molecular flexibility index (Phi) is 3.93. The topological polar surface area (TPSA) is 66.4 Å². The van der Waals surface area contributed by atoms with Crippen LogP contribution >= 0.6 is 0 Å². The van der Waals surface area contributed by atoms with E-state index in [9.17, 15) is 9.59 Å². The Balaban J connectivity index is 1.91. The fourth-order valence-corrected chi connectivity index (χ4v) is 3.54. The molecule has 3 unspecified atom stereocenters. The third kappa shape index (κ3) is 2.85. The average molecular weight is 253 g/mol. The maximum atomic E-state index is 12.2. The predicted octanol–water partition coefficient (Wildman–Crippen LogP) is 2.04. The van der Waals surface area contributed by atoms with Gasteiger partial charge < -0.3 is 10.4 Å². The minimum absolute atomic E-state index is 0.0322. The SMILES string of the molecule is CC(C)C[C@H](NC(=O)C1CC2CCC1C2)C(=O)O. The highest BCUT2D eigenvalue weighted by atomic mass is 16.4. The van der Waals surface area contributed by atoms with E-state index in [2.05, 4.69) is 5.32 Å². The van der Waals surface area contributed by atoms with Crippen molar-refractivity contribution in [3.8, 4) is 0 Å². The predicted molar refractivity (Wildman–Crippen MR) is 68.0 cm³/mol. The molecule has 0 radical (unpaired) electrons. The van der Waals surface area contributed by atoms with Crippen LogP contribution in [0.5, 0.6) is 0 Å². The maximum Gasteiger partial charge on any atom is 0.326 e. The minimum atomic E-state index is -0.916. The Labute approximate surface area is 108 Å². The molecule has 4 heteroatoms.